The van der Waals surface area contributed by atoms with Crippen LogP contribution >= 0.6 is 22.7 Å². The van der Waals surface area contributed by atoms with Crippen LogP contribution in [0.15, 0.2) is 47.3 Å². The van der Waals surface area contributed by atoms with Gasteiger partial charge in [0.1, 0.15) is 0 Å². The van der Waals surface area contributed by atoms with Gasteiger partial charge in [0.25, 0.3) is 5.91 Å². The van der Waals surface area contributed by atoms with Gasteiger partial charge in [-0.2, -0.15) is 5.10 Å². The quantitative estimate of drug-likeness (QED) is 0.543. The first-order chi connectivity index (χ1) is 12.6. The van der Waals surface area contributed by atoms with E-state index in [0.29, 0.717) is 12.1 Å². The van der Waals surface area contributed by atoms with Crippen molar-refractivity contribution in [2.24, 2.45) is 0 Å². The van der Waals surface area contributed by atoms with E-state index in [9.17, 15) is 4.79 Å². The van der Waals surface area contributed by atoms with Crippen molar-refractivity contribution in [1.29, 1.82) is 0 Å². The first-order valence-corrected chi connectivity index (χ1v) is 10.1. The van der Waals surface area contributed by atoms with E-state index in [1.165, 1.54) is 0 Å². The van der Waals surface area contributed by atoms with E-state index in [0.717, 1.165) is 26.5 Å². The molecule has 4 aromatic heterocycles. The highest BCUT2D eigenvalue weighted by atomic mass is 32.1. The number of aromatic nitrogens is 3. The number of carbonyl (C=O) groups is 1. The molecule has 0 aromatic carbocycles. The maximum atomic E-state index is 12.9. The summed E-state index contributed by atoms with van der Waals surface area (Å²) < 4.78 is 1.86. The molecule has 0 spiro atoms. The molecule has 0 aliphatic carbocycles. The molecular formula is C19H18N4OS2. The van der Waals surface area contributed by atoms with E-state index in [-0.39, 0.29) is 11.9 Å². The Kier molecular flexibility index (Phi) is 4.57. The highest BCUT2D eigenvalue weighted by Gasteiger charge is 2.18. The largest absolute Gasteiger partial charge is 0.347 e. The molecule has 4 aromatic rings. The summed E-state index contributed by atoms with van der Waals surface area (Å²) in [6, 6.07) is 10.0. The van der Waals surface area contributed by atoms with Crippen LogP contribution < -0.4 is 5.32 Å². The van der Waals surface area contributed by atoms with Crippen LogP contribution in [0.1, 0.15) is 35.1 Å². The van der Waals surface area contributed by atoms with Crippen LogP contribution in [0, 0.1) is 0 Å². The normalized spacial score (nSPS) is 11.3. The van der Waals surface area contributed by atoms with Crippen LogP contribution in [0.25, 0.3) is 21.6 Å². The number of hydrogen-bond donors (Lipinski definition) is 1. The topological polar surface area (TPSA) is 59.8 Å². The van der Waals surface area contributed by atoms with E-state index >= 15 is 0 Å². The third-order valence-corrected chi connectivity index (χ3v) is 5.85. The Morgan fingerprint density at radius 2 is 2.04 bits per heavy atom. The Morgan fingerprint density at radius 3 is 2.73 bits per heavy atom. The molecule has 0 saturated carbocycles. The molecule has 0 aliphatic heterocycles. The smallest absolute Gasteiger partial charge is 0.252 e. The molecule has 0 bridgehead atoms. The van der Waals surface area contributed by atoms with Gasteiger partial charge < -0.3 is 5.32 Å². The van der Waals surface area contributed by atoms with Crippen molar-refractivity contribution < 1.29 is 4.79 Å². The molecule has 26 heavy (non-hydrogen) atoms. The minimum atomic E-state index is -0.105. The number of nitrogens with zero attached hydrogens (tertiary/aromatic N) is 3. The van der Waals surface area contributed by atoms with Crippen LogP contribution in [0.3, 0.4) is 0 Å². The third-order valence-electron chi connectivity index (χ3n) is 4.08. The van der Waals surface area contributed by atoms with Gasteiger partial charge in [-0.25, -0.2) is 9.67 Å². The van der Waals surface area contributed by atoms with Crippen molar-refractivity contribution in [2.45, 2.75) is 26.4 Å². The Hall–Kier alpha value is -2.51. The summed E-state index contributed by atoms with van der Waals surface area (Å²) in [6.07, 6.45) is 1.74. The zero-order valence-electron chi connectivity index (χ0n) is 14.5. The zero-order valence-corrected chi connectivity index (χ0v) is 16.1. The highest BCUT2D eigenvalue weighted by Crippen LogP contribution is 2.29. The van der Waals surface area contributed by atoms with Crippen molar-refractivity contribution in [1.82, 2.24) is 20.1 Å². The lowest BCUT2D eigenvalue weighted by atomic mass is 10.1. The predicted octanol–water partition coefficient (Wildman–Crippen LogP) is 4.73. The molecule has 1 N–H and O–H groups in total. The molecule has 132 valence electrons. The van der Waals surface area contributed by atoms with Gasteiger partial charge in [-0.05, 0) is 42.8 Å². The molecular weight excluding hydrogens is 364 g/mol. The standard InChI is InChI=1S/C19H18N4OS2/c1-12(2)23-18-15(11-21-23)14(9-16(22-18)17-6-4-8-26-17)19(24)20-10-13-5-3-7-25-13/h3-9,11-12H,10H2,1-2H3,(H,20,24). The fourth-order valence-electron chi connectivity index (χ4n) is 2.81. The fraction of sp³-hybridized carbons (Fsp3) is 0.211. The van der Waals surface area contributed by atoms with Gasteiger partial charge in [0.15, 0.2) is 5.65 Å². The fourth-order valence-corrected chi connectivity index (χ4v) is 4.14. The molecule has 0 fully saturated rings. The molecule has 4 rings (SSSR count). The Morgan fingerprint density at radius 1 is 1.23 bits per heavy atom. The molecule has 0 saturated heterocycles. The van der Waals surface area contributed by atoms with Crippen molar-refractivity contribution in [3.8, 4) is 10.6 Å². The van der Waals surface area contributed by atoms with E-state index in [1.54, 1.807) is 28.9 Å². The van der Waals surface area contributed by atoms with Crippen molar-refractivity contribution in [3.05, 3.63) is 57.7 Å². The second kappa shape index (κ2) is 7.01. The maximum absolute atomic E-state index is 12.9. The summed E-state index contributed by atoms with van der Waals surface area (Å²) in [6.45, 7) is 4.64. The van der Waals surface area contributed by atoms with E-state index in [4.69, 9.17) is 4.98 Å². The summed E-state index contributed by atoms with van der Waals surface area (Å²) in [5.41, 5.74) is 2.16. The van der Waals surface area contributed by atoms with E-state index < -0.39 is 0 Å². The van der Waals surface area contributed by atoms with Gasteiger partial charge in [0.2, 0.25) is 0 Å². The van der Waals surface area contributed by atoms with Crippen LogP contribution in [-0.4, -0.2) is 20.7 Å². The zero-order chi connectivity index (χ0) is 18.1. The summed E-state index contributed by atoms with van der Waals surface area (Å²) in [5, 5.41) is 12.3. The second-order valence-electron chi connectivity index (χ2n) is 6.21. The number of amides is 1. The lowest BCUT2D eigenvalue weighted by Gasteiger charge is -2.10. The van der Waals surface area contributed by atoms with Crippen LogP contribution in [0.4, 0.5) is 0 Å². The van der Waals surface area contributed by atoms with Gasteiger partial charge in [0, 0.05) is 10.9 Å². The number of hydrogen-bond acceptors (Lipinski definition) is 5. The van der Waals surface area contributed by atoms with Crippen molar-refractivity contribution >= 4 is 39.6 Å². The minimum absolute atomic E-state index is 0.105. The Bertz CT molecular complexity index is 1030. The van der Waals surface area contributed by atoms with Gasteiger partial charge in [0.05, 0.1) is 34.3 Å². The first kappa shape index (κ1) is 16.9. The number of rotatable bonds is 5. The van der Waals surface area contributed by atoms with Crippen molar-refractivity contribution in [2.75, 3.05) is 0 Å². The monoisotopic (exact) mass is 382 g/mol. The van der Waals surface area contributed by atoms with E-state index in [2.05, 4.69) is 24.3 Å². The number of carbonyl (C=O) groups excluding carboxylic acids is 1. The summed E-state index contributed by atoms with van der Waals surface area (Å²) in [7, 11) is 0. The summed E-state index contributed by atoms with van der Waals surface area (Å²) in [4.78, 5) is 19.8. The average Bonchev–Trinajstić information content (AvgIpc) is 3.39. The Labute approximate surface area is 159 Å². The molecule has 7 heteroatoms. The molecule has 0 atom stereocenters. The number of thiophene rings is 2. The van der Waals surface area contributed by atoms with Gasteiger partial charge in [-0.1, -0.05) is 12.1 Å². The average molecular weight is 383 g/mol. The minimum Gasteiger partial charge on any atom is -0.347 e. The summed E-state index contributed by atoms with van der Waals surface area (Å²) >= 11 is 3.24. The molecule has 5 nitrogen and oxygen atoms in total. The van der Waals surface area contributed by atoms with Crippen LogP contribution in [0.2, 0.25) is 0 Å². The SMILES string of the molecule is CC(C)n1ncc2c(C(=O)NCc3cccs3)cc(-c3cccs3)nc21. The number of fused-ring (bicyclic) bond motifs is 1. The number of pyridine rings is 1. The van der Waals surface area contributed by atoms with Gasteiger partial charge >= 0.3 is 0 Å². The maximum Gasteiger partial charge on any atom is 0.252 e. The predicted molar refractivity (Wildman–Crippen MR) is 107 cm³/mol. The first-order valence-electron chi connectivity index (χ1n) is 8.36. The lowest BCUT2D eigenvalue weighted by molar-refractivity contribution is 0.0953. The molecule has 4 heterocycles. The molecule has 0 unspecified atom stereocenters. The third kappa shape index (κ3) is 3.15. The van der Waals surface area contributed by atoms with Crippen LogP contribution in [0.5, 0.6) is 0 Å². The Balaban J connectivity index is 1.77. The van der Waals surface area contributed by atoms with Gasteiger partial charge in [-0.3, -0.25) is 4.79 Å². The molecule has 0 aliphatic rings. The highest BCUT2D eigenvalue weighted by molar-refractivity contribution is 7.13. The molecule has 1 amide bonds. The second-order valence-corrected chi connectivity index (χ2v) is 8.19. The van der Waals surface area contributed by atoms with Crippen molar-refractivity contribution in [3.63, 3.8) is 0 Å². The number of nitrogens with one attached hydrogen (secondary N) is 1. The molecule has 0 radical (unpaired) electrons. The summed E-state index contributed by atoms with van der Waals surface area (Å²) in [5.74, 6) is -0.105. The lowest BCUT2D eigenvalue weighted by Crippen LogP contribution is -2.22. The van der Waals surface area contributed by atoms with E-state index in [1.807, 2.05) is 45.8 Å². The van der Waals surface area contributed by atoms with Crippen LogP contribution in [-0.2, 0) is 6.54 Å². The van der Waals surface area contributed by atoms with Gasteiger partial charge in [-0.15, -0.1) is 22.7 Å².